The molecule has 1 aromatic carbocycles. The number of hydrogen-bond donors (Lipinski definition) is 4. The fraction of sp³-hybridized carbons (Fsp3) is 0.160. The number of para-hydroxylation sites is 1. The number of anilines is 1. The number of aliphatic hydroxyl groups is 1. The minimum Gasteiger partial charge on any atom is -0.374 e. The van der Waals surface area contributed by atoms with E-state index in [-0.39, 0.29) is 0 Å². The summed E-state index contributed by atoms with van der Waals surface area (Å²) in [6.07, 6.45) is 8.95. The van der Waals surface area contributed by atoms with Crippen molar-refractivity contribution in [1.82, 2.24) is 39.7 Å². The molecule has 0 aliphatic rings. The van der Waals surface area contributed by atoms with Gasteiger partial charge in [-0.3, -0.25) is 10.1 Å². The van der Waals surface area contributed by atoms with E-state index < -0.39 is 6.23 Å². The highest BCUT2D eigenvalue weighted by atomic mass is 16.3. The quantitative estimate of drug-likeness (QED) is 0.271. The van der Waals surface area contributed by atoms with Gasteiger partial charge in [0.2, 0.25) is 0 Å². The van der Waals surface area contributed by atoms with Gasteiger partial charge in [-0.1, -0.05) is 13.0 Å². The molecule has 0 saturated heterocycles. The Morgan fingerprint density at radius 1 is 1.11 bits per heavy atom. The van der Waals surface area contributed by atoms with Crippen LogP contribution < -0.4 is 5.32 Å². The van der Waals surface area contributed by atoms with Gasteiger partial charge < -0.3 is 20.0 Å². The predicted molar refractivity (Wildman–Crippen MR) is 134 cm³/mol. The molecule has 10 nitrogen and oxygen atoms in total. The van der Waals surface area contributed by atoms with Crippen LogP contribution in [0.5, 0.6) is 0 Å². The van der Waals surface area contributed by atoms with Crippen LogP contribution in [-0.4, -0.2) is 51.0 Å². The van der Waals surface area contributed by atoms with Gasteiger partial charge in [0.05, 0.1) is 40.5 Å². The minimum atomic E-state index is -0.627. The maximum absolute atomic E-state index is 9.92. The third kappa shape index (κ3) is 3.79. The van der Waals surface area contributed by atoms with E-state index in [1.807, 2.05) is 54.9 Å². The van der Waals surface area contributed by atoms with Crippen LogP contribution in [0.25, 0.3) is 50.4 Å². The Morgan fingerprint density at radius 2 is 2.00 bits per heavy atom. The number of benzene rings is 1. The van der Waals surface area contributed by atoms with Gasteiger partial charge in [0.1, 0.15) is 17.4 Å². The first-order chi connectivity index (χ1) is 17.1. The number of nitrogens with one attached hydrogen (secondary N) is 3. The number of aromatic nitrogens is 8. The summed E-state index contributed by atoms with van der Waals surface area (Å²) in [6, 6.07) is 9.96. The molecule has 6 rings (SSSR count). The van der Waals surface area contributed by atoms with Crippen LogP contribution in [-0.2, 0) is 0 Å². The maximum Gasteiger partial charge on any atom is 0.181 e. The summed E-state index contributed by atoms with van der Waals surface area (Å²) in [6.45, 7) is 3.87. The SMILES string of the molecule is CCC(O)Nc1cncc(-c2cnc3n[nH]c(-c4nc5c(-n6cnc(C)c6)cccc5[nH]4)c3c2)c1. The first-order valence-electron chi connectivity index (χ1n) is 11.3. The topological polar surface area (TPSA) is 133 Å². The zero-order valence-corrected chi connectivity index (χ0v) is 19.2. The molecule has 0 aliphatic heterocycles. The maximum atomic E-state index is 9.92. The molecular formula is C25H23N9O. The van der Waals surface area contributed by atoms with E-state index in [1.54, 1.807) is 24.9 Å². The Labute approximate surface area is 200 Å². The lowest BCUT2D eigenvalue weighted by atomic mass is 10.1. The number of pyridine rings is 2. The van der Waals surface area contributed by atoms with Gasteiger partial charge >= 0.3 is 0 Å². The largest absolute Gasteiger partial charge is 0.374 e. The number of aromatic amines is 2. The molecule has 0 spiro atoms. The standard InChI is InChI=1S/C25H23N9O/c1-3-21(35)29-17-7-15(9-26-11-17)16-8-18-22(32-33-24(18)27-10-16)25-30-19-5-4-6-20(23(19)31-25)34-12-14(2)28-13-34/h4-13,21,29,35H,3H2,1-2H3,(H,30,31)(H,27,32,33). The second kappa shape index (κ2) is 8.33. The molecule has 5 aromatic heterocycles. The summed E-state index contributed by atoms with van der Waals surface area (Å²) in [7, 11) is 0. The van der Waals surface area contributed by atoms with Crippen molar-refractivity contribution in [3.8, 4) is 28.3 Å². The van der Waals surface area contributed by atoms with E-state index in [4.69, 9.17) is 4.98 Å². The molecule has 35 heavy (non-hydrogen) atoms. The van der Waals surface area contributed by atoms with Crippen LogP contribution >= 0.6 is 0 Å². The lowest BCUT2D eigenvalue weighted by Crippen LogP contribution is -2.16. The Morgan fingerprint density at radius 3 is 2.83 bits per heavy atom. The number of aryl methyl sites for hydroxylation is 1. The summed E-state index contributed by atoms with van der Waals surface area (Å²) >= 11 is 0. The van der Waals surface area contributed by atoms with Crippen molar-refractivity contribution in [2.24, 2.45) is 0 Å². The van der Waals surface area contributed by atoms with Gasteiger partial charge in [0, 0.05) is 29.7 Å². The number of hydrogen-bond acceptors (Lipinski definition) is 7. The van der Waals surface area contributed by atoms with Crippen molar-refractivity contribution in [1.29, 1.82) is 0 Å². The average molecular weight is 466 g/mol. The summed E-state index contributed by atoms with van der Waals surface area (Å²) in [5.74, 6) is 0.672. The molecule has 5 heterocycles. The highest BCUT2D eigenvalue weighted by Gasteiger charge is 2.16. The summed E-state index contributed by atoms with van der Waals surface area (Å²) in [5.41, 5.74) is 7.48. The zero-order chi connectivity index (χ0) is 23.9. The molecule has 0 aliphatic carbocycles. The second-order valence-corrected chi connectivity index (χ2v) is 8.41. The van der Waals surface area contributed by atoms with Crippen molar-refractivity contribution < 1.29 is 5.11 Å². The van der Waals surface area contributed by atoms with Crippen molar-refractivity contribution in [2.75, 3.05) is 5.32 Å². The Balaban J connectivity index is 1.42. The van der Waals surface area contributed by atoms with E-state index in [0.29, 0.717) is 17.9 Å². The van der Waals surface area contributed by atoms with Crippen LogP contribution in [0, 0.1) is 6.92 Å². The summed E-state index contributed by atoms with van der Waals surface area (Å²) in [5, 5.41) is 21.3. The van der Waals surface area contributed by atoms with Gasteiger partial charge in [-0.2, -0.15) is 5.10 Å². The van der Waals surface area contributed by atoms with Gasteiger partial charge in [0.25, 0.3) is 0 Å². The number of rotatable bonds is 6. The zero-order valence-electron chi connectivity index (χ0n) is 19.2. The minimum absolute atomic E-state index is 0.593. The van der Waals surface area contributed by atoms with Crippen LogP contribution in [0.2, 0.25) is 0 Å². The van der Waals surface area contributed by atoms with Crippen LogP contribution in [0.15, 0.2) is 61.4 Å². The molecule has 10 heteroatoms. The molecule has 1 atom stereocenters. The first-order valence-corrected chi connectivity index (χ1v) is 11.3. The van der Waals surface area contributed by atoms with E-state index in [1.165, 1.54) is 0 Å². The molecule has 4 N–H and O–H groups in total. The van der Waals surface area contributed by atoms with E-state index in [9.17, 15) is 5.11 Å². The third-order valence-electron chi connectivity index (χ3n) is 5.92. The van der Waals surface area contributed by atoms with Gasteiger partial charge in [-0.15, -0.1) is 0 Å². The van der Waals surface area contributed by atoms with Gasteiger partial charge in [-0.05, 0) is 37.6 Å². The lowest BCUT2D eigenvalue weighted by molar-refractivity contribution is 0.199. The van der Waals surface area contributed by atoms with E-state index >= 15 is 0 Å². The lowest BCUT2D eigenvalue weighted by Gasteiger charge is -2.12. The Kier molecular flexibility index (Phi) is 5.00. The molecule has 0 saturated carbocycles. The fourth-order valence-corrected chi connectivity index (χ4v) is 4.11. The van der Waals surface area contributed by atoms with Crippen molar-refractivity contribution >= 4 is 27.8 Å². The summed E-state index contributed by atoms with van der Waals surface area (Å²) in [4.78, 5) is 21.5. The van der Waals surface area contributed by atoms with Crippen molar-refractivity contribution in [3.05, 3.63) is 67.1 Å². The molecule has 0 radical (unpaired) electrons. The van der Waals surface area contributed by atoms with Crippen LogP contribution in [0.3, 0.4) is 0 Å². The monoisotopic (exact) mass is 465 g/mol. The number of nitrogens with zero attached hydrogens (tertiary/aromatic N) is 6. The van der Waals surface area contributed by atoms with Crippen LogP contribution in [0.4, 0.5) is 5.69 Å². The average Bonchev–Trinajstić information content (AvgIpc) is 3.61. The molecule has 174 valence electrons. The first kappa shape index (κ1) is 21.0. The van der Waals surface area contributed by atoms with Crippen molar-refractivity contribution in [3.63, 3.8) is 0 Å². The number of fused-ring (bicyclic) bond motifs is 2. The fourth-order valence-electron chi connectivity index (χ4n) is 4.11. The number of H-pyrrole nitrogens is 2. The Bertz CT molecular complexity index is 1660. The van der Waals surface area contributed by atoms with Crippen molar-refractivity contribution in [2.45, 2.75) is 26.5 Å². The molecule has 0 bridgehead atoms. The highest BCUT2D eigenvalue weighted by molar-refractivity contribution is 5.94. The predicted octanol–water partition coefficient (Wildman–Crippen LogP) is 4.20. The Hall–Kier alpha value is -4.57. The second-order valence-electron chi connectivity index (χ2n) is 8.41. The number of imidazole rings is 2. The molecule has 1 unspecified atom stereocenters. The smallest absolute Gasteiger partial charge is 0.181 e. The van der Waals surface area contributed by atoms with E-state index in [2.05, 4.69) is 35.5 Å². The highest BCUT2D eigenvalue weighted by Crippen LogP contribution is 2.31. The molecule has 6 aromatic rings. The van der Waals surface area contributed by atoms with E-state index in [0.717, 1.165) is 50.3 Å². The van der Waals surface area contributed by atoms with Crippen LogP contribution in [0.1, 0.15) is 19.0 Å². The molecule has 0 fully saturated rings. The third-order valence-corrected chi connectivity index (χ3v) is 5.92. The normalized spacial score (nSPS) is 12.4. The van der Waals surface area contributed by atoms with Gasteiger partial charge in [0.15, 0.2) is 11.5 Å². The molecule has 0 amide bonds. The van der Waals surface area contributed by atoms with Gasteiger partial charge in [-0.25, -0.2) is 15.0 Å². The number of aliphatic hydroxyl groups excluding tert-OH is 1. The summed E-state index contributed by atoms with van der Waals surface area (Å²) < 4.78 is 1.97. The molecular weight excluding hydrogens is 442 g/mol.